The number of benzene rings is 1. The maximum Gasteiger partial charge on any atom is 0.242 e. The van der Waals surface area contributed by atoms with E-state index in [1.165, 1.54) is 0 Å². The molecule has 3 nitrogen and oxygen atoms in total. The predicted molar refractivity (Wildman–Crippen MR) is 94.0 cm³/mol. The number of hydrogen-bond acceptors (Lipinski definition) is 2. The van der Waals surface area contributed by atoms with Crippen LogP contribution in [0, 0.1) is 6.92 Å². The Morgan fingerprint density at radius 2 is 1.85 bits per heavy atom. The number of sulfonamides is 1. The Labute approximate surface area is 146 Å². The van der Waals surface area contributed by atoms with Crippen molar-refractivity contribution in [1.29, 1.82) is 0 Å². The zero-order valence-electron chi connectivity index (χ0n) is 11.6. The van der Waals surface area contributed by atoms with Crippen LogP contribution in [0.4, 0.5) is 0 Å². The zero-order valence-corrected chi connectivity index (χ0v) is 17.2. The Morgan fingerprint density at radius 3 is 2.35 bits per heavy atom. The van der Waals surface area contributed by atoms with Crippen LogP contribution in [0.1, 0.15) is 32.3 Å². The van der Waals surface area contributed by atoms with Crippen molar-refractivity contribution in [3.8, 4) is 0 Å². The first-order chi connectivity index (χ1) is 9.15. The van der Waals surface area contributed by atoms with Gasteiger partial charge < -0.3 is 0 Å². The summed E-state index contributed by atoms with van der Waals surface area (Å²) in [5.41, 5.74) is 0.522. The Morgan fingerprint density at radius 1 is 1.25 bits per heavy atom. The molecule has 114 valence electrons. The van der Waals surface area contributed by atoms with Gasteiger partial charge in [0.2, 0.25) is 10.0 Å². The fraction of sp³-hybridized carbons (Fsp3) is 0.538. The molecule has 0 amide bonds. The zero-order chi connectivity index (χ0) is 15.6. The van der Waals surface area contributed by atoms with E-state index >= 15 is 0 Å². The SMILES string of the molecule is CCC(C)(CCBr)NS(=O)(=O)c1cc(Br)c(C)cc1Br. The summed E-state index contributed by atoms with van der Waals surface area (Å²) in [5, 5.41) is 0.749. The molecule has 0 saturated carbocycles. The van der Waals surface area contributed by atoms with E-state index in [1.807, 2.05) is 20.8 Å². The van der Waals surface area contributed by atoms with E-state index in [0.717, 1.165) is 28.2 Å². The number of nitrogens with one attached hydrogen (secondary N) is 1. The van der Waals surface area contributed by atoms with Crippen LogP contribution in [0.15, 0.2) is 26.0 Å². The molecule has 0 saturated heterocycles. The molecule has 1 aromatic carbocycles. The van der Waals surface area contributed by atoms with Crippen molar-refractivity contribution in [1.82, 2.24) is 4.72 Å². The molecule has 0 heterocycles. The molecule has 20 heavy (non-hydrogen) atoms. The average molecular weight is 492 g/mol. The maximum absolute atomic E-state index is 12.6. The van der Waals surface area contributed by atoms with E-state index < -0.39 is 15.6 Å². The number of hydrogen-bond donors (Lipinski definition) is 1. The minimum atomic E-state index is -3.57. The van der Waals surface area contributed by atoms with Crippen LogP contribution < -0.4 is 4.72 Å². The van der Waals surface area contributed by atoms with Gasteiger partial charge in [0.1, 0.15) is 0 Å². The number of alkyl halides is 1. The normalized spacial score (nSPS) is 15.1. The smallest absolute Gasteiger partial charge is 0.207 e. The first-order valence-corrected chi connectivity index (χ1v) is 10.4. The van der Waals surface area contributed by atoms with Crippen molar-refractivity contribution in [2.45, 2.75) is 44.0 Å². The lowest BCUT2D eigenvalue weighted by Gasteiger charge is -2.29. The van der Waals surface area contributed by atoms with Crippen molar-refractivity contribution >= 4 is 57.8 Å². The largest absolute Gasteiger partial charge is 0.242 e. The Kier molecular flexibility index (Phi) is 6.72. The summed E-state index contributed by atoms with van der Waals surface area (Å²) >= 11 is 10.1. The van der Waals surface area contributed by atoms with E-state index in [2.05, 4.69) is 52.5 Å². The molecule has 0 aromatic heterocycles. The van der Waals surface area contributed by atoms with Crippen molar-refractivity contribution in [3.63, 3.8) is 0 Å². The molecule has 1 unspecified atom stereocenters. The summed E-state index contributed by atoms with van der Waals surface area (Å²) in [6.07, 6.45) is 1.45. The van der Waals surface area contributed by atoms with Crippen LogP contribution in [0.5, 0.6) is 0 Å². The first kappa shape index (κ1) is 18.6. The number of halogens is 3. The van der Waals surface area contributed by atoms with E-state index in [-0.39, 0.29) is 4.90 Å². The summed E-state index contributed by atoms with van der Waals surface area (Å²) in [7, 11) is -3.57. The van der Waals surface area contributed by atoms with Crippen molar-refractivity contribution < 1.29 is 8.42 Å². The summed E-state index contributed by atoms with van der Waals surface area (Å²) in [6.45, 7) is 5.81. The molecule has 1 N–H and O–H groups in total. The van der Waals surface area contributed by atoms with Gasteiger partial charge >= 0.3 is 0 Å². The molecule has 0 fully saturated rings. The van der Waals surface area contributed by atoms with Crippen LogP contribution in [0.3, 0.4) is 0 Å². The molecule has 0 spiro atoms. The molecule has 1 aromatic rings. The second kappa shape index (κ2) is 7.22. The molecule has 0 aliphatic rings. The Balaban J connectivity index is 3.21. The molecule has 0 aliphatic carbocycles. The van der Waals surface area contributed by atoms with Gasteiger partial charge in [0.25, 0.3) is 0 Å². The molecule has 1 rings (SSSR count). The van der Waals surface area contributed by atoms with Crippen LogP contribution in [-0.4, -0.2) is 19.3 Å². The van der Waals surface area contributed by atoms with Crippen molar-refractivity contribution in [2.75, 3.05) is 5.33 Å². The second-order valence-electron chi connectivity index (χ2n) is 4.99. The second-order valence-corrected chi connectivity index (χ2v) is 9.14. The third kappa shape index (κ3) is 4.53. The van der Waals surface area contributed by atoms with Gasteiger partial charge in [-0.15, -0.1) is 0 Å². The van der Waals surface area contributed by atoms with Crippen LogP contribution in [0.2, 0.25) is 0 Å². The lowest BCUT2D eigenvalue weighted by Crippen LogP contribution is -2.45. The third-order valence-corrected chi connectivity index (χ3v) is 7.16. The van der Waals surface area contributed by atoms with E-state index in [0.29, 0.717) is 4.47 Å². The van der Waals surface area contributed by atoms with E-state index in [4.69, 9.17) is 0 Å². The standard InChI is InChI=1S/C13H18Br3NO2S/c1-4-13(3,5-6-14)17-20(18,19)12-8-10(15)9(2)7-11(12)16/h7-8,17H,4-6H2,1-3H3. The minimum Gasteiger partial charge on any atom is -0.207 e. The van der Waals surface area contributed by atoms with Gasteiger partial charge in [0, 0.05) is 19.8 Å². The van der Waals surface area contributed by atoms with E-state index in [1.54, 1.807) is 12.1 Å². The van der Waals surface area contributed by atoms with E-state index in [9.17, 15) is 8.42 Å². The quantitative estimate of drug-likeness (QED) is 0.583. The van der Waals surface area contributed by atoms with Gasteiger partial charge in [0.15, 0.2) is 0 Å². The molecule has 0 bridgehead atoms. The molecule has 0 aliphatic heterocycles. The summed E-state index contributed by atoms with van der Waals surface area (Å²) < 4.78 is 29.3. The Bertz CT molecular complexity index is 590. The third-order valence-electron chi connectivity index (χ3n) is 3.31. The van der Waals surface area contributed by atoms with Crippen LogP contribution in [0.25, 0.3) is 0 Å². The summed E-state index contributed by atoms with van der Waals surface area (Å²) in [4.78, 5) is 0.254. The Hall–Kier alpha value is 0.570. The molecular formula is C13H18Br3NO2S. The highest BCUT2D eigenvalue weighted by Gasteiger charge is 2.30. The highest BCUT2D eigenvalue weighted by molar-refractivity contribution is 9.11. The lowest BCUT2D eigenvalue weighted by atomic mass is 9.98. The minimum absolute atomic E-state index is 0.254. The fourth-order valence-corrected chi connectivity index (χ4v) is 5.78. The molecule has 7 heteroatoms. The van der Waals surface area contributed by atoms with Crippen LogP contribution >= 0.6 is 47.8 Å². The molecule has 0 radical (unpaired) electrons. The number of rotatable bonds is 6. The average Bonchev–Trinajstić information content (AvgIpc) is 2.33. The predicted octanol–water partition coefficient (Wildman–Crippen LogP) is 4.75. The maximum atomic E-state index is 12.6. The van der Waals surface area contributed by atoms with Gasteiger partial charge in [-0.1, -0.05) is 38.8 Å². The highest BCUT2D eigenvalue weighted by atomic mass is 79.9. The van der Waals surface area contributed by atoms with Gasteiger partial charge in [-0.05, 0) is 60.3 Å². The monoisotopic (exact) mass is 489 g/mol. The van der Waals surface area contributed by atoms with Crippen molar-refractivity contribution in [2.24, 2.45) is 0 Å². The van der Waals surface area contributed by atoms with Gasteiger partial charge in [-0.25, -0.2) is 13.1 Å². The van der Waals surface area contributed by atoms with Gasteiger partial charge in [-0.3, -0.25) is 0 Å². The molecular weight excluding hydrogens is 474 g/mol. The number of aryl methyl sites for hydroxylation is 1. The lowest BCUT2D eigenvalue weighted by molar-refractivity contribution is 0.392. The first-order valence-electron chi connectivity index (χ1n) is 6.21. The fourth-order valence-electron chi connectivity index (χ4n) is 1.72. The molecule has 1 atom stereocenters. The highest BCUT2D eigenvalue weighted by Crippen LogP contribution is 2.30. The van der Waals surface area contributed by atoms with Gasteiger partial charge in [-0.2, -0.15) is 0 Å². The van der Waals surface area contributed by atoms with Gasteiger partial charge in [0.05, 0.1) is 4.90 Å². The topological polar surface area (TPSA) is 46.2 Å². The van der Waals surface area contributed by atoms with Crippen molar-refractivity contribution in [3.05, 3.63) is 26.6 Å². The summed E-state index contributed by atoms with van der Waals surface area (Å²) in [6, 6.07) is 3.43. The van der Waals surface area contributed by atoms with Crippen LogP contribution in [-0.2, 0) is 10.0 Å². The summed E-state index contributed by atoms with van der Waals surface area (Å²) in [5.74, 6) is 0.